The van der Waals surface area contributed by atoms with Crippen LogP contribution < -0.4 is 0 Å². The van der Waals surface area contributed by atoms with Gasteiger partial charge in [-0.25, -0.2) is 4.79 Å². The summed E-state index contributed by atoms with van der Waals surface area (Å²) in [5.41, 5.74) is -2.10. The van der Waals surface area contributed by atoms with Crippen molar-refractivity contribution in [3.63, 3.8) is 0 Å². The van der Waals surface area contributed by atoms with Gasteiger partial charge in [-0.2, -0.15) is 0 Å². The van der Waals surface area contributed by atoms with E-state index in [0.29, 0.717) is 25.0 Å². The van der Waals surface area contributed by atoms with Crippen molar-refractivity contribution in [3.8, 4) is 0 Å². The molecule has 1 heterocycles. The highest BCUT2D eigenvalue weighted by molar-refractivity contribution is 5.89. The molecule has 7 rings (SSSR count). The second kappa shape index (κ2) is 9.96. The van der Waals surface area contributed by atoms with E-state index in [-0.39, 0.29) is 52.8 Å². The van der Waals surface area contributed by atoms with Crippen LogP contribution >= 0.6 is 0 Å². The Labute approximate surface area is 249 Å². The normalized spacial score (nSPS) is 50.1. The Bertz CT molecular complexity index is 1200. The molecule has 0 radical (unpaired) electrons. The zero-order chi connectivity index (χ0) is 29.7. The molecule has 5 aliphatic carbocycles. The highest BCUT2D eigenvalue weighted by atomic mass is 16.6. The molecule has 0 amide bonds. The van der Waals surface area contributed by atoms with Gasteiger partial charge in [0.1, 0.15) is 11.7 Å². The summed E-state index contributed by atoms with van der Waals surface area (Å²) in [5.74, 6) is -0.618. The first-order valence-corrected chi connectivity index (χ1v) is 15.6. The Morgan fingerprint density at radius 3 is 2.36 bits per heavy atom. The van der Waals surface area contributed by atoms with Crippen LogP contribution in [0.5, 0.6) is 0 Å². The van der Waals surface area contributed by atoms with Crippen LogP contribution in [0.2, 0.25) is 0 Å². The third kappa shape index (κ3) is 3.26. The smallest absolute Gasteiger partial charge is 0.338 e. The number of likely N-dealkylation sites (tertiary alicyclic amines) is 1. The van der Waals surface area contributed by atoms with Gasteiger partial charge in [0.05, 0.1) is 36.1 Å². The monoisotopic (exact) mass is 585 g/mol. The molecule has 7 bridgehead atoms. The zero-order valence-electron chi connectivity index (χ0n) is 25.8. The molecule has 6 aliphatic rings. The average molecular weight is 586 g/mol. The Morgan fingerprint density at radius 1 is 1.00 bits per heavy atom. The minimum absolute atomic E-state index is 0.0357. The van der Waals surface area contributed by atoms with E-state index in [0.717, 1.165) is 25.9 Å². The Morgan fingerprint density at radius 2 is 1.74 bits per heavy atom. The summed E-state index contributed by atoms with van der Waals surface area (Å²) in [4.78, 5) is 16.3. The molecule has 6 fully saturated rings. The lowest BCUT2D eigenvalue weighted by atomic mass is 9.43. The number of fused-ring (bicyclic) bond motifs is 2. The third-order valence-corrected chi connectivity index (χ3v) is 13.0. The number of piperidine rings is 1. The Kier molecular flexibility index (Phi) is 6.91. The number of ether oxygens (including phenoxy) is 6. The first-order chi connectivity index (χ1) is 20.3. The predicted molar refractivity (Wildman–Crippen MR) is 153 cm³/mol. The maximum atomic E-state index is 13.7. The molecule has 5 saturated carbocycles. The van der Waals surface area contributed by atoms with E-state index in [1.165, 1.54) is 0 Å². The lowest BCUT2D eigenvalue weighted by Crippen LogP contribution is -2.77. The van der Waals surface area contributed by atoms with E-state index in [4.69, 9.17) is 28.4 Å². The van der Waals surface area contributed by atoms with Crippen LogP contribution in [0.4, 0.5) is 0 Å². The fraction of sp³-hybridized carbons (Fsp3) is 0.788. The second-order valence-electron chi connectivity index (χ2n) is 13.9. The summed E-state index contributed by atoms with van der Waals surface area (Å²) in [6.45, 7) is 4.70. The molecule has 9 heteroatoms. The number of hydrogen-bond acceptors (Lipinski definition) is 9. The second-order valence-corrected chi connectivity index (χ2v) is 13.9. The van der Waals surface area contributed by atoms with Crippen molar-refractivity contribution in [3.05, 3.63) is 35.9 Å². The van der Waals surface area contributed by atoms with Gasteiger partial charge in [0.25, 0.3) is 0 Å². The summed E-state index contributed by atoms with van der Waals surface area (Å²) < 4.78 is 38.5. The maximum absolute atomic E-state index is 13.7. The number of benzene rings is 1. The van der Waals surface area contributed by atoms with Crippen LogP contribution in [0.15, 0.2) is 30.3 Å². The van der Waals surface area contributed by atoms with Crippen molar-refractivity contribution in [2.24, 2.45) is 34.5 Å². The SMILES string of the molecule is CCN1C[C@]2(COC)CCC(OC)[C@@]34[C@@H]5C[C@@]6(O)[C@@H](OC)C[C@@](OC)([C@H]5[C@H]6OC(=O)c5ccccc5)[C@@H]([C@H](OC)[C@H]23)[C@@H]14. The van der Waals surface area contributed by atoms with Gasteiger partial charge >= 0.3 is 5.97 Å². The van der Waals surface area contributed by atoms with Gasteiger partial charge in [-0.05, 0) is 43.9 Å². The number of methoxy groups -OCH3 is 5. The van der Waals surface area contributed by atoms with Gasteiger partial charge in [0.2, 0.25) is 0 Å². The molecule has 9 nitrogen and oxygen atoms in total. The Hall–Kier alpha value is -1.59. The van der Waals surface area contributed by atoms with Crippen LogP contribution in [0.1, 0.15) is 43.0 Å². The molecule has 1 aromatic carbocycles. The molecule has 1 spiro atoms. The number of esters is 1. The van der Waals surface area contributed by atoms with Crippen LogP contribution in [-0.2, 0) is 28.4 Å². The molecule has 1 unspecified atom stereocenters. The van der Waals surface area contributed by atoms with E-state index in [1.807, 2.05) is 32.4 Å². The fourth-order valence-electron chi connectivity index (χ4n) is 12.2. The van der Waals surface area contributed by atoms with E-state index < -0.39 is 29.4 Å². The summed E-state index contributed by atoms with van der Waals surface area (Å²) in [6, 6.07) is 9.16. The van der Waals surface area contributed by atoms with Gasteiger partial charge in [0.15, 0.2) is 0 Å². The number of hydrogen-bond donors (Lipinski definition) is 1. The predicted octanol–water partition coefficient (Wildman–Crippen LogP) is 2.79. The summed E-state index contributed by atoms with van der Waals surface area (Å²) in [5, 5.41) is 12.7. The molecule has 1 aliphatic heterocycles. The fourth-order valence-corrected chi connectivity index (χ4v) is 12.2. The topological polar surface area (TPSA) is 95.9 Å². The number of rotatable bonds is 9. The standard InChI is InChI=1S/C33H47NO8/c1-7-34-17-30(18-37-2)14-13-21(38-3)33-20-15-31(36)22(39-4)16-32(41-6,24(27(33)34)25(40-5)26(30)33)23(20)28(31)42-29(35)19-11-9-8-10-12-19/h8-12,20-28,36H,7,13-18H2,1-6H3/t20-,21?,22+,23-,24+,25+,26-,27-,28-,30+,31-,32-,33+/m1/s1. The van der Waals surface area contributed by atoms with E-state index in [1.54, 1.807) is 33.5 Å². The number of nitrogens with zero attached hydrogens (tertiary/aromatic N) is 1. The molecule has 13 atom stereocenters. The largest absolute Gasteiger partial charge is 0.455 e. The minimum atomic E-state index is -1.36. The number of carbonyl (C=O) groups is 1. The van der Waals surface area contributed by atoms with Crippen molar-refractivity contribution in [2.45, 2.75) is 74.3 Å². The highest BCUT2D eigenvalue weighted by Crippen LogP contribution is 2.80. The summed E-state index contributed by atoms with van der Waals surface area (Å²) in [7, 11) is 8.91. The van der Waals surface area contributed by atoms with Crippen molar-refractivity contribution in [1.29, 1.82) is 0 Å². The van der Waals surface area contributed by atoms with Crippen LogP contribution in [0.25, 0.3) is 0 Å². The average Bonchev–Trinajstić information content (AvgIpc) is 3.37. The molecular weight excluding hydrogens is 538 g/mol. The Balaban J connectivity index is 1.46. The highest BCUT2D eigenvalue weighted by Gasteiger charge is 2.89. The van der Waals surface area contributed by atoms with Crippen molar-refractivity contribution >= 4 is 5.97 Å². The maximum Gasteiger partial charge on any atom is 0.338 e. The number of aliphatic hydroxyl groups is 1. The van der Waals surface area contributed by atoms with Crippen molar-refractivity contribution in [1.82, 2.24) is 4.90 Å². The van der Waals surface area contributed by atoms with Crippen molar-refractivity contribution in [2.75, 3.05) is 55.2 Å². The molecule has 1 saturated heterocycles. The molecule has 0 aromatic heterocycles. The van der Waals surface area contributed by atoms with E-state index >= 15 is 0 Å². The molecule has 42 heavy (non-hydrogen) atoms. The van der Waals surface area contributed by atoms with Crippen LogP contribution in [-0.4, -0.2) is 113 Å². The molecular formula is C33H47NO8. The third-order valence-electron chi connectivity index (χ3n) is 13.0. The summed E-state index contributed by atoms with van der Waals surface area (Å²) >= 11 is 0. The first-order valence-electron chi connectivity index (χ1n) is 15.6. The quantitative estimate of drug-likeness (QED) is 0.439. The first kappa shape index (κ1) is 29.1. The zero-order valence-corrected chi connectivity index (χ0v) is 25.8. The van der Waals surface area contributed by atoms with E-state index in [2.05, 4.69) is 11.8 Å². The van der Waals surface area contributed by atoms with Gasteiger partial charge in [0, 0.05) is 83.1 Å². The van der Waals surface area contributed by atoms with Crippen LogP contribution in [0, 0.1) is 34.5 Å². The van der Waals surface area contributed by atoms with Gasteiger partial charge < -0.3 is 33.5 Å². The van der Waals surface area contributed by atoms with Gasteiger partial charge in [-0.1, -0.05) is 25.1 Å². The molecule has 232 valence electrons. The van der Waals surface area contributed by atoms with Gasteiger partial charge in [-0.3, -0.25) is 4.90 Å². The van der Waals surface area contributed by atoms with E-state index in [9.17, 15) is 9.90 Å². The molecule has 1 aromatic rings. The lowest BCUT2D eigenvalue weighted by molar-refractivity contribution is -0.288. The lowest BCUT2D eigenvalue weighted by Gasteiger charge is -2.69. The molecule has 1 N–H and O–H groups in total. The van der Waals surface area contributed by atoms with Crippen LogP contribution in [0.3, 0.4) is 0 Å². The number of carbonyl (C=O) groups excluding carboxylic acids is 1. The minimum Gasteiger partial charge on any atom is -0.455 e. The summed E-state index contributed by atoms with van der Waals surface area (Å²) in [6.07, 6.45) is 1.34. The van der Waals surface area contributed by atoms with Crippen molar-refractivity contribution < 1.29 is 38.3 Å². The van der Waals surface area contributed by atoms with Gasteiger partial charge in [-0.15, -0.1) is 0 Å².